The Hall–Kier alpha value is -1.36. The van der Waals surface area contributed by atoms with E-state index in [0.29, 0.717) is 13.0 Å². The van der Waals surface area contributed by atoms with Gasteiger partial charge in [0.2, 0.25) is 5.91 Å². The molecule has 2 aliphatic rings. The molecule has 1 N–H and O–H groups in total. The summed E-state index contributed by atoms with van der Waals surface area (Å²) in [6.45, 7) is 0.564. The molecule has 3 rings (SSSR count). The number of carboxylic acid groups (broad SMARTS) is 1. The van der Waals surface area contributed by atoms with Gasteiger partial charge in [0.05, 0.1) is 5.41 Å². The average molecular weight is 352 g/mol. The first-order chi connectivity index (χ1) is 10.0. The molecule has 1 aromatic rings. The van der Waals surface area contributed by atoms with E-state index in [1.807, 2.05) is 24.3 Å². The number of piperidine rings is 1. The first-order valence-corrected chi connectivity index (χ1v) is 8.14. The van der Waals surface area contributed by atoms with Crippen molar-refractivity contribution >= 4 is 27.8 Å². The normalized spacial score (nSPS) is 23.7. The smallest absolute Gasteiger partial charge is 0.326 e. The molecule has 112 valence electrons. The fraction of sp³-hybridized carbons (Fsp3) is 0.500. The van der Waals surface area contributed by atoms with Gasteiger partial charge in [0.15, 0.2) is 0 Å². The predicted molar refractivity (Wildman–Crippen MR) is 82.0 cm³/mol. The van der Waals surface area contributed by atoms with Crippen molar-refractivity contribution in [2.45, 2.75) is 43.6 Å². The van der Waals surface area contributed by atoms with Gasteiger partial charge in [-0.3, -0.25) is 4.79 Å². The van der Waals surface area contributed by atoms with E-state index in [1.54, 1.807) is 4.90 Å². The number of carbonyl (C=O) groups excluding carboxylic acids is 1. The maximum atomic E-state index is 12.9. The highest BCUT2D eigenvalue weighted by molar-refractivity contribution is 9.10. The van der Waals surface area contributed by atoms with E-state index < -0.39 is 17.4 Å². The second-order valence-corrected chi connectivity index (χ2v) is 6.85. The van der Waals surface area contributed by atoms with E-state index in [1.165, 1.54) is 0 Å². The van der Waals surface area contributed by atoms with Crippen LogP contribution in [0.3, 0.4) is 0 Å². The summed E-state index contributed by atoms with van der Waals surface area (Å²) in [5.41, 5.74) is 0.525. The number of benzene rings is 1. The summed E-state index contributed by atoms with van der Waals surface area (Å²) in [7, 11) is 0. The highest BCUT2D eigenvalue weighted by Crippen LogP contribution is 2.50. The number of hydrogen-bond donors (Lipinski definition) is 1. The summed E-state index contributed by atoms with van der Waals surface area (Å²) in [5.74, 6) is -0.883. The predicted octanol–water partition coefficient (Wildman–Crippen LogP) is 2.95. The molecule has 1 aromatic carbocycles. The quantitative estimate of drug-likeness (QED) is 0.910. The number of carboxylic acids is 1. The van der Waals surface area contributed by atoms with Crippen molar-refractivity contribution in [3.05, 3.63) is 34.3 Å². The summed E-state index contributed by atoms with van der Waals surface area (Å²) in [4.78, 5) is 25.9. The van der Waals surface area contributed by atoms with Gasteiger partial charge in [0.25, 0.3) is 0 Å². The van der Waals surface area contributed by atoms with Crippen LogP contribution >= 0.6 is 15.9 Å². The lowest BCUT2D eigenvalue weighted by Crippen LogP contribution is -2.51. The average Bonchev–Trinajstić information content (AvgIpc) is 3.29. The summed E-state index contributed by atoms with van der Waals surface area (Å²) in [6, 6.07) is 7.16. The first-order valence-electron chi connectivity index (χ1n) is 7.34. The topological polar surface area (TPSA) is 57.6 Å². The number of carbonyl (C=O) groups is 2. The van der Waals surface area contributed by atoms with Gasteiger partial charge >= 0.3 is 5.97 Å². The summed E-state index contributed by atoms with van der Waals surface area (Å²) >= 11 is 3.40. The maximum absolute atomic E-state index is 12.9. The highest BCUT2D eigenvalue weighted by atomic mass is 79.9. The maximum Gasteiger partial charge on any atom is 0.326 e. The van der Waals surface area contributed by atoms with Crippen LogP contribution in [0.4, 0.5) is 0 Å². The third-order valence-corrected chi connectivity index (χ3v) is 5.13. The molecule has 0 spiro atoms. The molecule has 0 unspecified atom stereocenters. The van der Waals surface area contributed by atoms with E-state index in [4.69, 9.17) is 0 Å². The Morgan fingerprint density at radius 3 is 2.43 bits per heavy atom. The van der Waals surface area contributed by atoms with Crippen LogP contribution in [-0.4, -0.2) is 34.5 Å². The molecule has 2 fully saturated rings. The third kappa shape index (κ3) is 2.59. The van der Waals surface area contributed by atoms with E-state index in [9.17, 15) is 14.7 Å². The van der Waals surface area contributed by atoms with Crippen molar-refractivity contribution in [1.29, 1.82) is 0 Å². The Balaban J connectivity index is 1.86. The second-order valence-electron chi connectivity index (χ2n) is 5.94. The molecule has 0 radical (unpaired) electrons. The van der Waals surface area contributed by atoms with E-state index in [-0.39, 0.29) is 5.91 Å². The monoisotopic (exact) mass is 351 g/mol. The second kappa shape index (κ2) is 5.44. The van der Waals surface area contributed by atoms with Crippen molar-refractivity contribution in [1.82, 2.24) is 4.90 Å². The molecule has 1 amide bonds. The van der Waals surface area contributed by atoms with Gasteiger partial charge in [0.1, 0.15) is 6.04 Å². The molecule has 1 saturated carbocycles. The van der Waals surface area contributed by atoms with Crippen LogP contribution in [0.15, 0.2) is 28.7 Å². The largest absolute Gasteiger partial charge is 0.480 e. The zero-order chi connectivity index (χ0) is 15.0. The molecule has 1 atom stereocenters. The first kappa shape index (κ1) is 14.6. The van der Waals surface area contributed by atoms with E-state index >= 15 is 0 Å². The van der Waals surface area contributed by atoms with Gasteiger partial charge in [0, 0.05) is 11.0 Å². The fourth-order valence-electron chi connectivity index (χ4n) is 3.23. The zero-order valence-electron chi connectivity index (χ0n) is 11.7. The van der Waals surface area contributed by atoms with Gasteiger partial charge in [-0.2, -0.15) is 0 Å². The molecule has 0 aromatic heterocycles. The van der Waals surface area contributed by atoms with Crippen LogP contribution in [0, 0.1) is 0 Å². The molecular formula is C16H18BrNO3. The summed E-state index contributed by atoms with van der Waals surface area (Å²) in [6.07, 6.45) is 3.97. The molecule has 1 heterocycles. The minimum atomic E-state index is -0.880. The van der Waals surface area contributed by atoms with Crippen molar-refractivity contribution in [3.63, 3.8) is 0 Å². The number of halogens is 1. The Kier molecular flexibility index (Phi) is 3.78. The van der Waals surface area contributed by atoms with Crippen LogP contribution in [0.5, 0.6) is 0 Å². The van der Waals surface area contributed by atoms with Crippen molar-refractivity contribution in [2.75, 3.05) is 6.54 Å². The van der Waals surface area contributed by atoms with Crippen LogP contribution in [0.1, 0.15) is 37.7 Å². The van der Waals surface area contributed by atoms with Crippen molar-refractivity contribution < 1.29 is 14.7 Å². The molecule has 0 bridgehead atoms. The molecule has 21 heavy (non-hydrogen) atoms. The van der Waals surface area contributed by atoms with Gasteiger partial charge in [-0.15, -0.1) is 0 Å². The molecule has 1 aliphatic heterocycles. The molecule has 5 heteroatoms. The number of nitrogens with zero attached hydrogens (tertiary/aromatic N) is 1. The lowest BCUT2D eigenvalue weighted by atomic mass is 9.91. The minimum absolute atomic E-state index is 0.00285. The van der Waals surface area contributed by atoms with Crippen LogP contribution in [0.25, 0.3) is 0 Å². The number of likely N-dealkylation sites (tertiary alicyclic amines) is 1. The van der Waals surface area contributed by atoms with Crippen LogP contribution in [-0.2, 0) is 15.0 Å². The van der Waals surface area contributed by atoms with Crippen LogP contribution < -0.4 is 0 Å². The molecular weight excluding hydrogens is 334 g/mol. The number of rotatable bonds is 3. The third-order valence-electron chi connectivity index (χ3n) is 4.60. The minimum Gasteiger partial charge on any atom is -0.480 e. The molecule has 1 aliphatic carbocycles. The number of aliphatic carboxylic acids is 1. The number of hydrogen-bond acceptors (Lipinski definition) is 2. The van der Waals surface area contributed by atoms with Crippen molar-refractivity contribution in [2.24, 2.45) is 0 Å². The van der Waals surface area contributed by atoms with Gasteiger partial charge in [-0.1, -0.05) is 28.1 Å². The van der Waals surface area contributed by atoms with Crippen LogP contribution in [0.2, 0.25) is 0 Å². The summed E-state index contributed by atoms with van der Waals surface area (Å²) in [5, 5.41) is 9.35. The standard InChI is InChI=1S/C16H18BrNO3/c17-12-6-4-11(5-7-12)16(8-9-16)15(21)18-10-2-1-3-13(18)14(19)20/h4-7,13H,1-3,8-10H2,(H,19,20)/t13-/m1/s1. The highest BCUT2D eigenvalue weighted by Gasteiger charge is 2.54. The van der Waals surface area contributed by atoms with E-state index in [0.717, 1.165) is 35.7 Å². The number of amides is 1. The van der Waals surface area contributed by atoms with Gasteiger partial charge in [-0.05, 0) is 49.8 Å². The SMILES string of the molecule is O=C(O)[C@H]1CCCCN1C(=O)C1(c2ccc(Br)cc2)CC1. The van der Waals surface area contributed by atoms with Gasteiger partial charge in [-0.25, -0.2) is 4.79 Å². The van der Waals surface area contributed by atoms with Crippen molar-refractivity contribution in [3.8, 4) is 0 Å². The molecule has 1 saturated heterocycles. The summed E-state index contributed by atoms with van der Waals surface area (Å²) < 4.78 is 0.982. The lowest BCUT2D eigenvalue weighted by Gasteiger charge is -2.35. The molecule has 4 nitrogen and oxygen atoms in total. The van der Waals surface area contributed by atoms with E-state index in [2.05, 4.69) is 15.9 Å². The Labute approximate surface area is 132 Å². The Morgan fingerprint density at radius 1 is 1.19 bits per heavy atom. The van der Waals surface area contributed by atoms with Gasteiger partial charge < -0.3 is 10.0 Å². The fourth-order valence-corrected chi connectivity index (χ4v) is 3.49. The Bertz CT molecular complexity index is 565. The Morgan fingerprint density at radius 2 is 1.86 bits per heavy atom. The zero-order valence-corrected chi connectivity index (χ0v) is 13.3. The lowest BCUT2D eigenvalue weighted by molar-refractivity contribution is -0.153.